The SMILES string of the molecule is C[C@@H]1CN(c2ccc(NC(=O)CC(C)(C)C)cn2)C[C@@H](C)O1. The van der Waals surface area contributed by atoms with Crippen molar-refractivity contribution in [1.29, 1.82) is 0 Å². The number of carbonyl (C=O) groups is 1. The molecule has 2 atom stereocenters. The summed E-state index contributed by atoms with van der Waals surface area (Å²) in [5.74, 6) is 0.950. The fourth-order valence-corrected chi connectivity index (χ4v) is 2.70. The van der Waals surface area contributed by atoms with E-state index in [-0.39, 0.29) is 23.5 Å². The molecular weight excluding hydrogens is 278 g/mol. The second kappa shape index (κ2) is 6.65. The van der Waals surface area contributed by atoms with Gasteiger partial charge in [-0.15, -0.1) is 0 Å². The topological polar surface area (TPSA) is 54.5 Å². The van der Waals surface area contributed by atoms with Gasteiger partial charge in [0.15, 0.2) is 0 Å². The summed E-state index contributed by atoms with van der Waals surface area (Å²) >= 11 is 0. The molecule has 122 valence electrons. The summed E-state index contributed by atoms with van der Waals surface area (Å²) in [5.41, 5.74) is 0.727. The summed E-state index contributed by atoms with van der Waals surface area (Å²) < 4.78 is 5.73. The Bertz CT molecular complexity index is 498. The van der Waals surface area contributed by atoms with Gasteiger partial charge in [-0.2, -0.15) is 0 Å². The van der Waals surface area contributed by atoms with Gasteiger partial charge in [-0.3, -0.25) is 4.79 Å². The van der Waals surface area contributed by atoms with Crippen LogP contribution in [0.25, 0.3) is 0 Å². The smallest absolute Gasteiger partial charge is 0.224 e. The van der Waals surface area contributed by atoms with Crippen LogP contribution in [0.4, 0.5) is 11.5 Å². The Morgan fingerprint density at radius 2 is 1.95 bits per heavy atom. The highest BCUT2D eigenvalue weighted by Crippen LogP contribution is 2.21. The van der Waals surface area contributed by atoms with Crippen molar-refractivity contribution in [2.24, 2.45) is 5.41 Å². The van der Waals surface area contributed by atoms with Gasteiger partial charge in [0.25, 0.3) is 0 Å². The van der Waals surface area contributed by atoms with Crippen LogP contribution in [0.2, 0.25) is 0 Å². The summed E-state index contributed by atoms with van der Waals surface area (Å²) in [5, 5.41) is 2.90. The van der Waals surface area contributed by atoms with Crippen LogP contribution in [0.3, 0.4) is 0 Å². The molecule has 1 fully saturated rings. The highest BCUT2D eigenvalue weighted by molar-refractivity contribution is 5.91. The number of nitrogens with zero attached hydrogens (tertiary/aromatic N) is 2. The molecule has 5 heteroatoms. The monoisotopic (exact) mass is 305 g/mol. The zero-order valence-electron chi connectivity index (χ0n) is 14.2. The molecular formula is C17H27N3O2. The van der Waals surface area contributed by atoms with Crippen molar-refractivity contribution >= 4 is 17.4 Å². The second-order valence-corrected chi connectivity index (χ2v) is 7.35. The molecule has 2 rings (SSSR count). The van der Waals surface area contributed by atoms with E-state index in [4.69, 9.17) is 4.74 Å². The molecule has 1 aromatic heterocycles. The van der Waals surface area contributed by atoms with Gasteiger partial charge in [-0.05, 0) is 31.4 Å². The van der Waals surface area contributed by atoms with Gasteiger partial charge in [0.1, 0.15) is 5.82 Å². The van der Waals surface area contributed by atoms with Crippen molar-refractivity contribution in [1.82, 2.24) is 4.98 Å². The first kappa shape index (κ1) is 16.7. The minimum atomic E-state index is -0.0163. The van der Waals surface area contributed by atoms with E-state index < -0.39 is 0 Å². The fourth-order valence-electron chi connectivity index (χ4n) is 2.70. The number of aromatic nitrogens is 1. The van der Waals surface area contributed by atoms with Crippen molar-refractivity contribution < 1.29 is 9.53 Å². The lowest BCUT2D eigenvalue weighted by Gasteiger charge is -2.36. The number of carbonyl (C=O) groups excluding carboxylic acids is 1. The minimum Gasteiger partial charge on any atom is -0.372 e. The van der Waals surface area contributed by atoms with Gasteiger partial charge >= 0.3 is 0 Å². The van der Waals surface area contributed by atoms with Crippen LogP contribution in [0.1, 0.15) is 41.0 Å². The van der Waals surface area contributed by atoms with Crippen LogP contribution >= 0.6 is 0 Å². The number of pyridine rings is 1. The molecule has 0 bridgehead atoms. The second-order valence-electron chi connectivity index (χ2n) is 7.35. The van der Waals surface area contributed by atoms with Gasteiger partial charge in [0.2, 0.25) is 5.91 Å². The Labute approximate surface area is 133 Å². The van der Waals surface area contributed by atoms with Crippen LogP contribution in [0.5, 0.6) is 0 Å². The lowest BCUT2D eigenvalue weighted by Crippen LogP contribution is -2.45. The predicted octanol–water partition coefficient (Wildman–Crippen LogP) is 3.07. The molecule has 5 nitrogen and oxygen atoms in total. The summed E-state index contributed by atoms with van der Waals surface area (Å²) in [6.45, 7) is 12.0. The standard InChI is InChI=1S/C17H27N3O2/c1-12-10-20(11-13(2)22-12)15-7-6-14(9-18-15)19-16(21)8-17(3,4)5/h6-7,9,12-13H,8,10-11H2,1-5H3,(H,19,21)/t12-,13-/m1/s1. The van der Waals surface area contributed by atoms with E-state index in [2.05, 4.69) is 49.8 Å². The van der Waals surface area contributed by atoms with Crippen LogP contribution < -0.4 is 10.2 Å². The first-order valence-corrected chi connectivity index (χ1v) is 7.89. The van der Waals surface area contributed by atoms with Crippen LogP contribution in [-0.2, 0) is 9.53 Å². The number of rotatable bonds is 3. The molecule has 1 saturated heterocycles. The Balaban J connectivity index is 1.97. The Hall–Kier alpha value is -1.62. The first-order valence-electron chi connectivity index (χ1n) is 7.89. The van der Waals surface area contributed by atoms with Crippen LogP contribution in [-0.4, -0.2) is 36.2 Å². The van der Waals surface area contributed by atoms with Crippen molar-refractivity contribution in [2.45, 2.75) is 53.2 Å². The van der Waals surface area contributed by atoms with E-state index in [9.17, 15) is 4.79 Å². The molecule has 1 aliphatic heterocycles. The molecule has 0 spiro atoms. The van der Waals surface area contributed by atoms with Crippen molar-refractivity contribution in [3.8, 4) is 0 Å². The molecule has 0 aromatic carbocycles. The summed E-state index contributed by atoms with van der Waals surface area (Å²) in [4.78, 5) is 18.6. The zero-order chi connectivity index (χ0) is 16.3. The third-order valence-corrected chi connectivity index (χ3v) is 3.47. The molecule has 2 heterocycles. The number of nitrogens with one attached hydrogen (secondary N) is 1. The van der Waals surface area contributed by atoms with Gasteiger partial charge in [0.05, 0.1) is 24.1 Å². The van der Waals surface area contributed by atoms with Crippen molar-refractivity contribution in [2.75, 3.05) is 23.3 Å². The van der Waals surface area contributed by atoms with Gasteiger partial charge in [-0.25, -0.2) is 4.98 Å². The predicted molar refractivity (Wildman–Crippen MR) is 89.2 cm³/mol. The Morgan fingerprint density at radius 3 is 2.45 bits per heavy atom. The molecule has 0 unspecified atom stereocenters. The maximum absolute atomic E-state index is 11.9. The third kappa shape index (κ3) is 4.98. The molecule has 1 N–H and O–H groups in total. The molecule has 0 saturated carbocycles. The Kier molecular flexibility index (Phi) is 5.06. The number of hydrogen-bond acceptors (Lipinski definition) is 4. The van der Waals surface area contributed by atoms with E-state index in [1.807, 2.05) is 12.1 Å². The Morgan fingerprint density at radius 1 is 1.32 bits per heavy atom. The number of amides is 1. The maximum atomic E-state index is 11.9. The average Bonchev–Trinajstić information content (AvgIpc) is 2.36. The van der Waals surface area contributed by atoms with Crippen LogP contribution in [0, 0.1) is 5.41 Å². The van der Waals surface area contributed by atoms with E-state index in [1.165, 1.54) is 0 Å². The molecule has 1 amide bonds. The number of morpholine rings is 1. The highest BCUT2D eigenvalue weighted by atomic mass is 16.5. The zero-order valence-corrected chi connectivity index (χ0v) is 14.2. The van der Waals surface area contributed by atoms with Crippen molar-refractivity contribution in [3.05, 3.63) is 18.3 Å². The fraction of sp³-hybridized carbons (Fsp3) is 0.647. The average molecular weight is 305 g/mol. The summed E-state index contributed by atoms with van der Waals surface area (Å²) in [6.07, 6.45) is 2.63. The third-order valence-electron chi connectivity index (χ3n) is 3.47. The van der Waals surface area contributed by atoms with Gasteiger partial charge in [-0.1, -0.05) is 20.8 Å². The minimum absolute atomic E-state index is 0.0163. The molecule has 1 aliphatic rings. The van der Waals surface area contributed by atoms with Crippen LogP contribution in [0.15, 0.2) is 18.3 Å². The molecule has 0 aliphatic carbocycles. The first-order chi connectivity index (χ1) is 10.2. The maximum Gasteiger partial charge on any atom is 0.224 e. The number of ether oxygens (including phenoxy) is 1. The molecule has 22 heavy (non-hydrogen) atoms. The van der Waals surface area contributed by atoms with E-state index in [0.29, 0.717) is 6.42 Å². The summed E-state index contributed by atoms with van der Waals surface area (Å²) in [6, 6.07) is 3.87. The number of anilines is 2. The quantitative estimate of drug-likeness (QED) is 0.932. The van der Waals surface area contributed by atoms with Gasteiger partial charge < -0.3 is 15.0 Å². The number of hydrogen-bond donors (Lipinski definition) is 1. The lowest BCUT2D eigenvalue weighted by molar-refractivity contribution is -0.117. The molecule has 0 radical (unpaired) electrons. The van der Waals surface area contributed by atoms with E-state index in [0.717, 1.165) is 24.6 Å². The summed E-state index contributed by atoms with van der Waals surface area (Å²) in [7, 11) is 0. The van der Waals surface area contributed by atoms with E-state index in [1.54, 1.807) is 6.20 Å². The largest absolute Gasteiger partial charge is 0.372 e. The lowest BCUT2D eigenvalue weighted by atomic mass is 9.92. The highest BCUT2D eigenvalue weighted by Gasteiger charge is 2.23. The van der Waals surface area contributed by atoms with Crippen molar-refractivity contribution in [3.63, 3.8) is 0 Å². The normalized spacial score (nSPS) is 22.5. The van der Waals surface area contributed by atoms with Gasteiger partial charge in [0, 0.05) is 19.5 Å². The molecule has 1 aromatic rings. The van der Waals surface area contributed by atoms with E-state index >= 15 is 0 Å².